The monoisotopic (exact) mass is 495 g/mol. The molecule has 2 atom stereocenters. The SMILES string of the molecule is Cc1ccc(C(C(=O)Nc2c(C)cccc2C)N(C(=O)C(C)NC(=O)OC(C)(C)C)C(C)C)cc1C. The van der Waals surface area contributed by atoms with Crippen LogP contribution >= 0.6 is 0 Å². The van der Waals surface area contributed by atoms with Gasteiger partial charge in [0.1, 0.15) is 17.7 Å². The van der Waals surface area contributed by atoms with Crippen LogP contribution in [0.1, 0.15) is 75.4 Å². The van der Waals surface area contributed by atoms with Gasteiger partial charge in [0.15, 0.2) is 0 Å². The van der Waals surface area contributed by atoms with Crippen molar-refractivity contribution in [1.82, 2.24) is 10.2 Å². The number of benzene rings is 2. The smallest absolute Gasteiger partial charge is 0.408 e. The van der Waals surface area contributed by atoms with Gasteiger partial charge in [-0.15, -0.1) is 0 Å². The Bertz CT molecular complexity index is 1100. The van der Waals surface area contributed by atoms with Crippen molar-refractivity contribution >= 4 is 23.6 Å². The molecule has 196 valence electrons. The summed E-state index contributed by atoms with van der Waals surface area (Å²) in [6.45, 7) is 18.4. The molecule has 2 N–H and O–H groups in total. The topological polar surface area (TPSA) is 87.7 Å². The number of ether oxygens (including phenoxy) is 1. The lowest BCUT2D eigenvalue weighted by molar-refractivity contribution is -0.142. The maximum absolute atomic E-state index is 13.9. The molecular formula is C29H41N3O4. The predicted molar refractivity (Wildman–Crippen MR) is 144 cm³/mol. The van der Waals surface area contributed by atoms with Gasteiger partial charge in [-0.3, -0.25) is 9.59 Å². The quantitative estimate of drug-likeness (QED) is 0.512. The first-order valence-electron chi connectivity index (χ1n) is 12.4. The molecule has 2 rings (SSSR count). The second kappa shape index (κ2) is 11.6. The second-order valence-corrected chi connectivity index (χ2v) is 10.7. The summed E-state index contributed by atoms with van der Waals surface area (Å²) in [6.07, 6.45) is -0.685. The van der Waals surface area contributed by atoms with E-state index in [1.165, 1.54) is 4.90 Å². The van der Waals surface area contributed by atoms with E-state index >= 15 is 0 Å². The Morgan fingerprint density at radius 1 is 0.861 bits per heavy atom. The van der Waals surface area contributed by atoms with Crippen LogP contribution in [0.25, 0.3) is 0 Å². The van der Waals surface area contributed by atoms with Gasteiger partial charge in [-0.05, 0) is 97.1 Å². The highest BCUT2D eigenvalue weighted by molar-refractivity contribution is 6.00. The highest BCUT2D eigenvalue weighted by Gasteiger charge is 2.36. The number of anilines is 1. The molecule has 0 aliphatic rings. The molecule has 0 aliphatic carbocycles. The zero-order valence-corrected chi connectivity index (χ0v) is 23.3. The number of aryl methyl sites for hydroxylation is 4. The minimum absolute atomic E-state index is 0.317. The number of hydrogen-bond acceptors (Lipinski definition) is 4. The third-order valence-electron chi connectivity index (χ3n) is 6.02. The van der Waals surface area contributed by atoms with E-state index in [4.69, 9.17) is 4.74 Å². The maximum atomic E-state index is 13.9. The van der Waals surface area contributed by atoms with Crippen molar-refractivity contribution in [2.45, 2.75) is 93.0 Å². The van der Waals surface area contributed by atoms with Crippen molar-refractivity contribution in [2.75, 3.05) is 5.32 Å². The zero-order chi connectivity index (χ0) is 27.4. The average Bonchev–Trinajstić information content (AvgIpc) is 2.74. The number of nitrogens with one attached hydrogen (secondary N) is 2. The Hall–Kier alpha value is -3.35. The summed E-state index contributed by atoms with van der Waals surface area (Å²) in [4.78, 5) is 41.5. The number of alkyl carbamates (subject to hydrolysis) is 1. The molecule has 0 aromatic heterocycles. The molecule has 0 saturated carbocycles. The molecule has 0 spiro atoms. The summed E-state index contributed by atoms with van der Waals surface area (Å²) < 4.78 is 5.33. The van der Waals surface area contributed by atoms with E-state index in [9.17, 15) is 14.4 Å². The van der Waals surface area contributed by atoms with Gasteiger partial charge in [0.2, 0.25) is 5.91 Å². The normalized spacial score (nSPS) is 13.1. The number of carbonyl (C=O) groups is 3. The predicted octanol–water partition coefficient (Wildman–Crippen LogP) is 5.75. The lowest BCUT2D eigenvalue weighted by Crippen LogP contribution is -2.53. The second-order valence-electron chi connectivity index (χ2n) is 10.7. The molecule has 0 saturated heterocycles. The average molecular weight is 496 g/mol. The van der Waals surface area contributed by atoms with Crippen LogP contribution in [0.4, 0.5) is 10.5 Å². The number of nitrogens with zero attached hydrogens (tertiary/aromatic N) is 1. The molecule has 2 aromatic rings. The molecule has 0 bridgehead atoms. The third-order valence-corrected chi connectivity index (χ3v) is 6.02. The zero-order valence-electron chi connectivity index (χ0n) is 23.3. The lowest BCUT2D eigenvalue weighted by Gasteiger charge is -2.37. The molecular weight excluding hydrogens is 454 g/mol. The summed E-state index contributed by atoms with van der Waals surface area (Å²) >= 11 is 0. The summed E-state index contributed by atoms with van der Waals surface area (Å²) in [5.74, 6) is -0.696. The Balaban J connectivity index is 2.50. The first-order chi connectivity index (χ1) is 16.6. The fraction of sp³-hybridized carbons (Fsp3) is 0.483. The number of rotatable bonds is 7. The van der Waals surface area contributed by atoms with Crippen LogP contribution in [-0.4, -0.2) is 40.5 Å². The van der Waals surface area contributed by atoms with E-state index in [1.54, 1.807) is 27.7 Å². The van der Waals surface area contributed by atoms with Crippen LogP contribution in [0.2, 0.25) is 0 Å². The van der Waals surface area contributed by atoms with Gasteiger partial charge >= 0.3 is 6.09 Å². The standard InChI is InChI=1S/C29H41N3O4/c1-17(2)32(27(34)22(7)30-28(35)36-29(8,9)10)25(23-15-14-18(3)21(6)16-23)26(33)31-24-19(4)12-11-13-20(24)5/h11-17,22,25H,1-10H3,(H,30,35)(H,31,33). The van der Waals surface area contributed by atoms with Crippen LogP contribution < -0.4 is 10.6 Å². The molecule has 0 fully saturated rings. The van der Waals surface area contributed by atoms with Crippen LogP contribution in [0.15, 0.2) is 36.4 Å². The van der Waals surface area contributed by atoms with Gasteiger partial charge < -0.3 is 20.3 Å². The van der Waals surface area contributed by atoms with E-state index in [1.807, 2.05) is 77.9 Å². The van der Waals surface area contributed by atoms with E-state index in [0.717, 1.165) is 27.9 Å². The summed E-state index contributed by atoms with van der Waals surface area (Å²) in [5, 5.41) is 5.69. The van der Waals surface area contributed by atoms with Crippen LogP contribution in [0.3, 0.4) is 0 Å². The fourth-order valence-corrected chi connectivity index (χ4v) is 4.03. The molecule has 7 nitrogen and oxygen atoms in total. The van der Waals surface area contributed by atoms with Crippen LogP contribution in [0.5, 0.6) is 0 Å². The highest BCUT2D eigenvalue weighted by atomic mass is 16.6. The molecule has 2 unspecified atom stereocenters. The van der Waals surface area contributed by atoms with Gasteiger partial charge in [0.25, 0.3) is 5.91 Å². The molecule has 0 heterocycles. The third kappa shape index (κ3) is 7.33. The van der Waals surface area contributed by atoms with Crippen LogP contribution in [0, 0.1) is 27.7 Å². The largest absolute Gasteiger partial charge is 0.444 e. The summed E-state index contributed by atoms with van der Waals surface area (Å²) in [5.41, 5.74) is 4.72. The summed E-state index contributed by atoms with van der Waals surface area (Å²) in [6, 6.07) is 9.46. The van der Waals surface area contributed by atoms with Gasteiger partial charge in [-0.1, -0.05) is 36.4 Å². The molecule has 7 heteroatoms. The number of amides is 3. The van der Waals surface area contributed by atoms with Gasteiger partial charge in [0, 0.05) is 11.7 Å². The van der Waals surface area contributed by atoms with Crippen molar-refractivity contribution in [3.8, 4) is 0 Å². The Kier molecular flexibility index (Phi) is 9.30. The molecule has 2 aromatic carbocycles. The molecule has 0 radical (unpaired) electrons. The van der Waals surface area contributed by atoms with E-state index < -0.39 is 23.8 Å². The van der Waals surface area contributed by atoms with Gasteiger partial charge in [-0.25, -0.2) is 4.79 Å². The van der Waals surface area contributed by atoms with Crippen molar-refractivity contribution < 1.29 is 19.1 Å². The van der Waals surface area contributed by atoms with Crippen molar-refractivity contribution in [3.05, 3.63) is 64.2 Å². The highest BCUT2D eigenvalue weighted by Crippen LogP contribution is 2.29. The maximum Gasteiger partial charge on any atom is 0.408 e. The number of hydrogen-bond donors (Lipinski definition) is 2. The minimum atomic E-state index is -0.904. The fourth-order valence-electron chi connectivity index (χ4n) is 4.03. The number of carbonyl (C=O) groups excluding carboxylic acids is 3. The lowest BCUT2D eigenvalue weighted by atomic mass is 9.97. The van der Waals surface area contributed by atoms with Gasteiger partial charge in [0.05, 0.1) is 0 Å². The van der Waals surface area contributed by atoms with Crippen LogP contribution in [-0.2, 0) is 14.3 Å². The Labute approximate surface area is 215 Å². The van der Waals surface area contributed by atoms with E-state index in [0.29, 0.717) is 5.56 Å². The molecule has 3 amide bonds. The minimum Gasteiger partial charge on any atom is -0.444 e. The van der Waals surface area contributed by atoms with Crippen molar-refractivity contribution in [3.63, 3.8) is 0 Å². The summed E-state index contributed by atoms with van der Waals surface area (Å²) in [7, 11) is 0. The molecule has 0 aliphatic heterocycles. The van der Waals surface area contributed by atoms with Crippen molar-refractivity contribution in [1.29, 1.82) is 0 Å². The Morgan fingerprint density at radius 2 is 1.44 bits per heavy atom. The van der Waals surface area contributed by atoms with E-state index in [-0.39, 0.29) is 17.9 Å². The van der Waals surface area contributed by atoms with E-state index in [2.05, 4.69) is 10.6 Å². The van der Waals surface area contributed by atoms with Gasteiger partial charge in [-0.2, -0.15) is 0 Å². The molecule has 36 heavy (non-hydrogen) atoms. The number of para-hydroxylation sites is 1. The first kappa shape index (κ1) is 28.9. The first-order valence-corrected chi connectivity index (χ1v) is 12.4. The Morgan fingerprint density at radius 3 is 1.94 bits per heavy atom. The van der Waals surface area contributed by atoms with Crippen molar-refractivity contribution in [2.24, 2.45) is 0 Å².